The van der Waals surface area contributed by atoms with Gasteiger partial charge >= 0.3 is 0 Å². The van der Waals surface area contributed by atoms with Crippen LogP contribution in [0.4, 0.5) is 5.95 Å². The summed E-state index contributed by atoms with van der Waals surface area (Å²) < 4.78 is 11.3. The Labute approximate surface area is 144 Å². The summed E-state index contributed by atoms with van der Waals surface area (Å²) in [5.41, 5.74) is 2.99. The molecule has 1 aromatic heterocycles. The van der Waals surface area contributed by atoms with Crippen LogP contribution in [0.25, 0.3) is 0 Å². The molecule has 130 valence electrons. The monoisotopic (exact) mass is 329 g/mol. The number of anilines is 1. The fraction of sp³-hybridized carbons (Fsp3) is 0.474. The minimum atomic E-state index is 0.0549. The van der Waals surface area contributed by atoms with Crippen molar-refractivity contribution < 1.29 is 9.47 Å². The zero-order valence-corrected chi connectivity index (χ0v) is 15.4. The van der Waals surface area contributed by atoms with Gasteiger partial charge in [0, 0.05) is 11.4 Å². The van der Waals surface area contributed by atoms with Gasteiger partial charge in [-0.1, -0.05) is 19.9 Å². The van der Waals surface area contributed by atoms with Gasteiger partial charge in [-0.2, -0.15) is 0 Å². The lowest BCUT2D eigenvalue weighted by Gasteiger charge is -2.18. The topological polar surface area (TPSA) is 56.3 Å². The van der Waals surface area contributed by atoms with Crippen LogP contribution in [0.15, 0.2) is 24.3 Å². The van der Waals surface area contributed by atoms with Crippen LogP contribution >= 0.6 is 0 Å². The first-order valence-electron chi connectivity index (χ1n) is 8.28. The van der Waals surface area contributed by atoms with E-state index in [1.165, 1.54) is 0 Å². The van der Waals surface area contributed by atoms with E-state index in [4.69, 9.17) is 9.47 Å². The number of hydrogen-bond donors (Lipinski definition) is 1. The molecule has 0 radical (unpaired) electrons. The maximum atomic E-state index is 5.80. The van der Waals surface area contributed by atoms with E-state index in [0.29, 0.717) is 18.5 Å². The van der Waals surface area contributed by atoms with Gasteiger partial charge < -0.3 is 14.8 Å². The lowest BCUT2D eigenvalue weighted by Crippen LogP contribution is -2.11. The van der Waals surface area contributed by atoms with Crippen molar-refractivity contribution in [1.29, 1.82) is 0 Å². The summed E-state index contributed by atoms with van der Waals surface area (Å²) in [4.78, 5) is 8.86. The second-order valence-corrected chi connectivity index (χ2v) is 6.46. The van der Waals surface area contributed by atoms with Crippen molar-refractivity contribution in [1.82, 2.24) is 9.97 Å². The third-order valence-corrected chi connectivity index (χ3v) is 3.59. The SMILES string of the molecule is COc1cc(C(C)Nc2nc(C)cc(C)n2)ccc1OCC(C)C. The van der Waals surface area contributed by atoms with Crippen molar-refractivity contribution in [2.75, 3.05) is 19.0 Å². The number of aryl methyl sites for hydroxylation is 2. The van der Waals surface area contributed by atoms with Crippen LogP contribution in [0.5, 0.6) is 11.5 Å². The second-order valence-electron chi connectivity index (χ2n) is 6.46. The molecule has 24 heavy (non-hydrogen) atoms. The summed E-state index contributed by atoms with van der Waals surface area (Å²) in [6, 6.07) is 8.00. The van der Waals surface area contributed by atoms with Gasteiger partial charge in [-0.05, 0) is 50.5 Å². The molecule has 0 spiro atoms. The molecule has 0 aliphatic carbocycles. The number of hydrogen-bond acceptors (Lipinski definition) is 5. The van der Waals surface area contributed by atoms with Gasteiger partial charge in [-0.15, -0.1) is 0 Å². The molecule has 1 atom stereocenters. The van der Waals surface area contributed by atoms with Gasteiger partial charge in [0.05, 0.1) is 19.8 Å². The molecule has 1 unspecified atom stereocenters. The predicted molar refractivity (Wildman–Crippen MR) is 96.9 cm³/mol. The van der Waals surface area contributed by atoms with Gasteiger partial charge in [-0.25, -0.2) is 9.97 Å². The summed E-state index contributed by atoms with van der Waals surface area (Å²) in [6.45, 7) is 10.9. The molecule has 2 aromatic rings. The van der Waals surface area contributed by atoms with Crippen molar-refractivity contribution in [3.8, 4) is 11.5 Å². The van der Waals surface area contributed by atoms with Gasteiger partial charge in [0.25, 0.3) is 0 Å². The van der Waals surface area contributed by atoms with Crippen molar-refractivity contribution >= 4 is 5.95 Å². The average molecular weight is 329 g/mol. The quantitative estimate of drug-likeness (QED) is 0.820. The van der Waals surface area contributed by atoms with E-state index in [1.807, 2.05) is 38.1 Å². The minimum Gasteiger partial charge on any atom is -0.493 e. The molecular weight excluding hydrogens is 302 g/mol. The van der Waals surface area contributed by atoms with Crippen molar-refractivity contribution in [2.24, 2.45) is 5.92 Å². The molecule has 1 N–H and O–H groups in total. The zero-order chi connectivity index (χ0) is 17.7. The normalized spacial score (nSPS) is 12.1. The third-order valence-electron chi connectivity index (χ3n) is 3.59. The van der Waals surface area contributed by atoms with Crippen LogP contribution in [-0.4, -0.2) is 23.7 Å². The standard InChI is InChI=1S/C19H27N3O2/c1-12(2)11-24-17-8-7-16(10-18(17)23-6)15(5)22-19-20-13(3)9-14(4)21-19/h7-10,12,15H,11H2,1-6H3,(H,20,21,22). The van der Waals surface area contributed by atoms with Gasteiger partial charge in [0.1, 0.15) is 0 Å². The maximum absolute atomic E-state index is 5.80. The minimum absolute atomic E-state index is 0.0549. The van der Waals surface area contributed by atoms with Gasteiger partial charge in [0.15, 0.2) is 11.5 Å². The van der Waals surface area contributed by atoms with E-state index >= 15 is 0 Å². The highest BCUT2D eigenvalue weighted by atomic mass is 16.5. The van der Waals surface area contributed by atoms with Crippen molar-refractivity contribution in [2.45, 2.75) is 40.7 Å². The third kappa shape index (κ3) is 4.85. The zero-order valence-electron chi connectivity index (χ0n) is 15.4. The molecule has 0 bridgehead atoms. The average Bonchev–Trinajstić information content (AvgIpc) is 2.51. The summed E-state index contributed by atoms with van der Waals surface area (Å²) in [5, 5.41) is 3.34. The molecule has 0 amide bonds. The molecule has 1 aromatic carbocycles. The van der Waals surface area contributed by atoms with Gasteiger partial charge in [0.2, 0.25) is 5.95 Å². The van der Waals surface area contributed by atoms with Crippen LogP contribution < -0.4 is 14.8 Å². The van der Waals surface area contributed by atoms with E-state index < -0.39 is 0 Å². The maximum Gasteiger partial charge on any atom is 0.223 e. The molecule has 1 heterocycles. The van der Waals surface area contributed by atoms with Crippen molar-refractivity contribution in [3.05, 3.63) is 41.2 Å². The number of aromatic nitrogens is 2. The van der Waals surface area contributed by atoms with Crippen LogP contribution in [0.1, 0.15) is 43.8 Å². The molecular formula is C19H27N3O2. The Bertz CT molecular complexity index is 666. The molecule has 0 fully saturated rings. The van der Waals surface area contributed by atoms with Crippen LogP contribution in [0.3, 0.4) is 0 Å². The molecule has 0 aliphatic heterocycles. The summed E-state index contributed by atoms with van der Waals surface area (Å²) >= 11 is 0. The predicted octanol–water partition coefficient (Wildman–Crippen LogP) is 4.31. The van der Waals surface area contributed by atoms with E-state index in [9.17, 15) is 0 Å². The van der Waals surface area contributed by atoms with Crippen LogP contribution in [0.2, 0.25) is 0 Å². The number of nitrogens with zero attached hydrogens (tertiary/aromatic N) is 2. The van der Waals surface area contributed by atoms with E-state index in [2.05, 4.69) is 36.1 Å². The number of ether oxygens (including phenoxy) is 2. The molecule has 2 rings (SSSR count). The second kappa shape index (κ2) is 7.99. The highest BCUT2D eigenvalue weighted by molar-refractivity contribution is 5.45. The fourth-order valence-electron chi connectivity index (χ4n) is 2.40. The summed E-state index contributed by atoms with van der Waals surface area (Å²) in [5.74, 6) is 2.61. The Kier molecular flexibility index (Phi) is 6.01. The first kappa shape index (κ1) is 18.0. The smallest absolute Gasteiger partial charge is 0.223 e. The highest BCUT2D eigenvalue weighted by Gasteiger charge is 2.12. The number of methoxy groups -OCH3 is 1. The van der Waals surface area contributed by atoms with Crippen LogP contribution in [-0.2, 0) is 0 Å². The molecule has 0 aliphatic rings. The molecule has 0 saturated carbocycles. The van der Waals surface area contributed by atoms with Gasteiger partial charge in [-0.3, -0.25) is 0 Å². The lowest BCUT2D eigenvalue weighted by molar-refractivity contribution is 0.256. The fourth-order valence-corrected chi connectivity index (χ4v) is 2.40. The molecule has 5 heteroatoms. The Morgan fingerprint density at radius 3 is 2.25 bits per heavy atom. The Balaban J connectivity index is 2.15. The Hall–Kier alpha value is -2.30. The first-order chi connectivity index (χ1) is 11.4. The van der Waals surface area contributed by atoms with Crippen molar-refractivity contribution in [3.63, 3.8) is 0 Å². The molecule has 5 nitrogen and oxygen atoms in total. The summed E-state index contributed by atoms with van der Waals surface area (Å²) in [6.07, 6.45) is 0. The summed E-state index contributed by atoms with van der Waals surface area (Å²) in [7, 11) is 1.66. The van der Waals surface area contributed by atoms with Crippen LogP contribution in [0, 0.1) is 19.8 Å². The molecule has 0 saturated heterocycles. The number of benzene rings is 1. The Morgan fingerprint density at radius 1 is 1.00 bits per heavy atom. The van der Waals surface area contributed by atoms with E-state index in [1.54, 1.807) is 7.11 Å². The largest absolute Gasteiger partial charge is 0.493 e. The number of nitrogens with one attached hydrogen (secondary N) is 1. The Morgan fingerprint density at radius 2 is 1.67 bits per heavy atom. The van der Waals surface area contributed by atoms with E-state index in [0.717, 1.165) is 28.5 Å². The number of rotatable bonds is 7. The lowest BCUT2D eigenvalue weighted by atomic mass is 10.1. The first-order valence-corrected chi connectivity index (χ1v) is 8.28. The van der Waals surface area contributed by atoms with E-state index in [-0.39, 0.29) is 6.04 Å². The highest BCUT2D eigenvalue weighted by Crippen LogP contribution is 2.31.